The second kappa shape index (κ2) is 7.66. The van der Waals surface area contributed by atoms with E-state index in [0.717, 1.165) is 35.8 Å². The second-order valence-corrected chi connectivity index (χ2v) is 10.4. The first-order valence-corrected chi connectivity index (χ1v) is 11.6. The quantitative estimate of drug-likeness (QED) is 0.706. The number of hydrogen-bond donors (Lipinski definition) is 0. The molecule has 0 bridgehead atoms. The SMILES string of the molecule is CN(C)S(=O)(=O)c1ccc(C(=O)N2CCC(c3nn(C)c(=O)n3C3CC3)CC2)cc1. The van der Waals surface area contributed by atoms with Gasteiger partial charge in [-0.1, -0.05) is 0 Å². The van der Waals surface area contributed by atoms with Gasteiger partial charge in [-0.15, -0.1) is 0 Å². The van der Waals surface area contributed by atoms with Crippen molar-refractivity contribution in [3.05, 3.63) is 46.1 Å². The summed E-state index contributed by atoms with van der Waals surface area (Å²) < 4.78 is 28.8. The summed E-state index contributed by atoms with van der Waals surface area (Å²) in [7, 11) is 1.12. The molecule has 9 nitrogen and oxygen atoms in total. The summed E-state index contributed by atoms with van der Waals surface area (Å²) in [4.78, 5) is 27.2. The largest absolute Gasteiger partial charge is 0.345 e. The lowest BCUT2D eigenvalue weighted by molar-refractivity contribution is 0.0710. The number of piperidine rings is 1. The molecule has 30 heavy (non-hydrogen) atoms. The number of likely N-dealkylation sites (tertiary alicyclic amines) is 1. The molecule has 2 fully saturated rings. The number of aromatic nitrogens is 3. The Bertz CT molecular complexity index is 1110. The van der Waals surface area contributed by atoms with Crippen LogP contribution in [-0.2, 0) is 17.1 Å². The summed E-state index contributed by atoms with van der Waals surface area (Å²) in [6, 6.07) is 6.34. The van der Waals surface area contributed by atoms with Crippen molar-refractivity contribution in [2.75, 3.05) is 27.2 Å². The van der Waals surface area contributed by atoms with Crippen LogP contribution in [0.2, 0.25) is 0 Å². The standard InChI is InChI=1S/C20H27N5O4S/c1-22(2)30(28,29)17-8-4-15(5-9-17)19(26)24-12-10-14(11-13-24)18-21-23(3)20(27)25(18)16-6-7-16/h4-5,8-9,14,16H,6-7,10-13H2,1-3H3. The number of benzene rings is 1. The smallest absolute Gasteiger partial charge is 0.339 e. The first-order chi connectivity index (χ1) is 14.2. The Labute approximate surface area is 175 Å². The number of carbonyl (C=O) groups is 1. The van der Waals surface area contributed by atoms with E-state index in [9.17, 15) is 18.0 Å². The average Bonchev–Trinajstić information content (AvgIpc) is 3.53. The van der Waals surface area contributed by atoms with Gasteiger partial charge in [0, 0.05) is 51.8 Å². The van der Waals surface area contributed by atoms with Crippen molar-refractivity contribution in [1.29, 1.82) is 0 Å². The van der Waals surface area contributed by atoms with E-state index in [-0.39, 0.29) is 28.5 Å². The van der Waals surface area contributed by atoms with Gasteiger partial charge in [0.05, 0.1) is 4.90 Å². The molecule has 2 aromatic rings. The molecule has 1 aromatic heterocycles. The third kappa shape index (κ3) is 3.69. The average molecular weight is 434 g/mol. The number of amides is 1. The lowest BCUT2D eigenvalue weighted by Crippen LogP contribution is -2.38. The summed E-state index contributed by atoms with van der Waals surface area (Å²) in [5, 5.41) is 4.47. The van der Waals surface area contributed by atoms with Crippen molar-refractivity contribution >= 4 is 15.9 Å². The molecule has 1 aromatic carbocycles. The minimum atomic E-state index is -3.52. The van der Waals surface area contributed by atoms with Crippen LogP contribution in [-0.4, -0.2) is 65.1 Å². The third-order valence-electron chi connectivity index (χ3n) is 5.92. The van der Waals surface area contributed by atoms with Gasteiger partial charge in [-0.05, 0) is 49.9 Å². The molecular weight excluding hydrogens is 406 g/mol. The van der Waals surface area contributed by atoms with Gasteiger partial charge in [0.1, 0.15) is 5.82 Å². The molecule has 1 saturated heterocycles. The molecule has 2 aliphatic rings. The third-order valence-corrected chi connectivity index (χ3v) is 7.75. The van der Waals surface area contributed by atoms with Gasteiger partial charge in [-0.2, -0.15) is 5.10 Å². The van der Waals surface area contributed by atoms with Crippen molar-refractivity contribution in [1.82, 2.24) is 23.6 Å². The van der Waals surface area contributed by atoms with Crippen LogP contribution in [0, 0.1) is 0 Å². The second-order valence-electron chi connectivity index (χ2n) is 8.24. The summed E-state index contributed by atoms with van der Waals surface area (Å²) in [5.41, 5.74) is 0.414. The van der Waals surface area contributed by atoms with Crippen LogP contribution in [0.5, 0.6) is 0 Å². The summed E-state index contributed by atoms with van der Waals surface area (Å²) in [6.07, 6.45) is 3.55. The summed E-state index contributed by atoms with van der Waals surface area (Å²) in [5.74, 6) is 0.898. The predicted octanol–water partition coefficient (Wildman–Crippen LogP) is 1.19. The number of nitrogens with zero attached hydrogens (tertiary/aromatic N) is 5. The molecule has 0 unspecified atom stereocenters. The van der Waals surface area contributed by atoms with Crippen LogP contribution in [0.15, 0.2) is 34.0 Å². The van der Waals surface area contributed by atoms with E-state index in [0.29, 0.717) is 18.7 Å². The van der Waals surface area contributed by atoms with E-state index in [2.05, 4.69) is 5.10 Å². The molecule has 0 N–H and O–H groups in total. The van der Waals surface area contributed by atoms with Crippen molar-refractivity contribution in [2.24, 2.45) is 7.05 Å². The fraction of sp³-hybridized carbons (Fsp3) is 0.550. The summed E-state index contributed by atoms with van der Waals surface area (Å²) >= 11 is 0. The normalized spacial score (nSPS) is 18.2. The van der Waals surface area contributed by atoms with E-state index >= 15 is 0 Å². The Kier molecular flexibility index (Phi) is 5.31. The fourth-order valence-corrected chi connectivity index (χ4v) is 4.86. The van der Waals surface area contributed by atoms with E-state index in [1.807, 2.05) is 4.57 Å². The Morgan fingerprint density at radius 3 is 2.20 bits per heavy atom. The van der Waals surface area contributed by atoms with Gasteiger partial charge >= 0.3 is 5.69 Å². The molecule has 1 saturated carbocycles. The number of rotatable bonds is 5. The molecule has 0 radical (unpaired) electrons. The zero-order valence-corrected chi connectivity index (χ0v) is 18.3. The highest BCUT2D eigenvalue weighted by molar-refractivity contribution is 7.89. The highest BCUT2D eigenvalue weighted by Gasteiger charge is 2.34. The molecule has 4 rings (SSSR count). The van der Waals surface area contributed by atoms with Crippen molar-refractivity contribution < 1.29 is 13.2 Å². The maximum atomic E-state index is 12.9. The van der Waals surface area contributed by atoms with E-state index in [1.54, 1.807) is 24.1 Å². The van der Waals surface area contributed by atoms with Gasteiger partial charge in [0.2, 0.25) is 10.0 Å². The lowest BCUT2D eigenvalue weighted by atomic mass is 9.95. The minimum absolute atomic E-state index is 0.0567. The topological polar surface area (TPSA) is 97.5 Å². The Morgan fingerprint density at radius 2 is 1.67 bits per heavy atom. The molecule has 1 aliphatic carbocycles. The van der Waals surface area contributed by atoms with Crippen LogP contribution in [0.4, 0.5) is 0 Å². The molecule has 10 heteroatoms. The molecular formula is C20H27N5O4S. The van der Waals surface area contributed by atoms with E-state index in [1.165, 1.54) is 30.9 Å². The van der Waals surface area contributed by atoms with Crippen molar-refractivity contribution in [3.8, 4) is 0 Å². The van der Waals surface area contributed by atoms with Crippen molar-refractivity contribution in [2.45, 2.75) is 42.5 Å². The van der Waals surface area contributed by atoms with E-state index < -0.39 is 10.0 Å². The molecule has 2 heterocycles. The molecule has 1 aliphatic heterocycles. The first kappa shape index (κ1) is 20.8. The summed E-state index contributed by atoms with van der Waals surface area (Å²) in [6.45, 7) is 1.16. The number of carbonyl (C=O) groups excluding carboxylic acids is 1. The van der Waals surface area contributed by atoms with Crippen LogP contribution < -0.4 is 5.69 Å². The zero-order valence-electron chi connectivity index (χ0n) is 17.5. The number of aryl methyl sites for hydroxylation is 1. The molecule has 1 amide bonds. The number of sulfonamides is 1. The Hall–Kier alpha value is -2.46. The minimum Gasteiger partial charge on any atom is -0.339 e. The maximum absolute atomic E-state index is 12.9. The van der Waals surface area contributed by atoms with Gasteiger partial charge < -0.3 is 4.90 Å². The number of hydrogen-bond acceptors (Lipinski definition) is 5. The highest BCUT2D eigenvalue weighted by atomic mass is 32.2. The Morgan fingerprint density at radius 1 is 1.07 bits per heavy atom. The van der Waals surface area contributed by atoms with Gasteiger partial charge in [0.25, 0.3) is 5.91 Å². The Balaban J connectivity index is 1.44. The maximum Gasteiger partial charge on any atom is 0.345 e. The molecule has 0 spiro atoms. The van der Waals surface area contributed by atoms with Crippen molar-refractivity contribution in [3.63, 3.8) is 0 Å². The lowest BCUT2D eigenvalue weighted by Gasteiger charge is -2.31. The molecule has 0 atom stereocenters. The van der Waals surface area contributed by atoms with Gasteiger partial charge in [0.15, 0.2) is 0 Å². The first-order valence-electron chi connectivity index (χ1n) is 10.2. The monoisotopic (exact) mass is 433 g/mol. The fourth-order valence-electron chi connectivity index (χ4n) is 3.96. The molecule has 162 valence electrons. The van der Waals surface area contributed by atoms with Crippen LogP contribution >= 0.6 is 0 Å². The highest BCUT2D eigenvalue weighted by Crippen LogP contribution is 2.37. The van der Waals surface area contributed by atoms with E-state index in [4.69, 9.17) is 0 Å². The van der Waals surface area contributed by atoms with Gasteiger partial charge in [-0.3, -0.25) is 9.36 Å². The van der Waals surface area contributed by atoms with Crippen LogP contribution in [0.25, 0.3) is 0 Å². The predicted molar refractivity (Wildman–Crippen MR) is 111 cm³/mol. The van der Waals surface area contributed by atoms with Gasteiger partial charge in [-0.25, -0.2) is 22.2 Å². The van der Waals surface area contributed by atoms with Crippen LogP contribution in [0.1, 0.15) is 53.8 Å². The zero-order chi connectivity index (χ0) is 21.6. The van der Waals surface area contributed by atoms with Crippen LogP contribution in [0.3, 0.4) is 0 Å².